The van der Waals surface area contributed by atoms with Crippen LogP contribution >= 0.6 is 0 Å². The molecule has 92 valence electrons. The van der Waals surface area contributed by atoms with Crippen molar-refractivity contribution < 1.29 is 19.6 Å². The minimum absolute atomic E-state index is 0.0495. The normalized spacial score (nSPS) is 11.9. The summed E-state index contributed by atoms with van der Waals surface area (Å²) in [5.74, 6) is -0.397. The zero-order valence-electron chi connectivity index (χ0n) is 9.33. The number of nitro groups is 1. The lowest BCUT2D eigenvalue weighted by Gasteiger charge is -2.10. The van der Waals surface area contributed by atoms with Gasteiger partial charge in [0.1, 0.15) is 12.7 Å². The fourth-order valence-electron chi connectivity index (χ4n) is 1.19. The van der Waals surface area contributed by atoms with Crippen LogP contribution in [0.5, 0.6) is 0 Å². The van der Waals surface area contributed by atoms with Crippen molar-refractivity contribution >= 4 is 11.7 Å². The van der Waals surface area contributed by atoms with E-state index in [9.17, 15) is 20.0 Å². The Morgan fingerprint density at radius 1 is 1.47 bits per heavy atom. The summed E-state index contributed by atoms with van der Waals surface area (Å²) in [6, 6.07) is 5.45. The number of carbonyl (C=O) groups is 1. The van der Waals surface area contributed by atoms with E-state index < -0.39 is 17.0 Å². The zero-order valence-corrected chi connectivity index (χ0v) is 9.33. The Morgan fingerprint density at radius 3 is 2.53 bits per heavy atom. The van der Waals surface area contributed by atoms with E-state index in [4.69, 9.17) is 4.74 Å². The number of esters is 1. The first-order valence-electron chi connectivity index (χ1n) is 5.12. The maximum atomic E-state index is 10.9. The predicted octanol–water partition coefficient (Wildman–Crippen LogP) is 1.58. The molecule has 6 nitrogen and oxygen atoms in total. The number of rotatable bonds is 5. The number of nitrogens with zero attached hydrogens (tertiary/aromatic N) is 1. The SMILES string of the molecule is CCC(=O)OC[C@H](O)c1ccc([N+](=O)[O-])cc1. The average molecular weight is 239 g/mol. The van der Waals surface area contributed by atoms with Crippen LogP contribution < -0.4 is 0 Å². The van der Waals surface area contributed by atoms with Gasteiger partial charge in [-0.2, -0.15) is 0 Å². The predicted molar refractivity (Wildman–Crippen MR) is 59.3 cm³/mol. The first-order valence-corrected chi connectivity index (χ1v) is 5.12. The highest BCUT2D eigenvalue weighted by atomic mass is 16.6. The fraction of sp³-hybridized carbons (Fsp3) is 0.364. The van der Waals surface area contributed by atoms with Gasteiger partial charge in [-0.3, -0.25) is 14.9 Å². The second kappa shape index (κ2) is 5.95. The second-order valence-corrected chi connectivity index (χ2v) is 3.40. The number of benzene rings is 1. The van der Waals surface area contributed by atoms with Gasteiger partial charge in [-0.15, -0.1) is 0 Å². The van der Waals surface area contributed by atoms with Gasteiger partial charge in [0.15, 0.2) is 0 Å². The molecule has 0 unspecified atom stereocenters. The summed E-state index contributed by atoms with van der Waals surface area (Å²) >= 11 is 0. The van der Waals surface area contributed by atoms with Gasteiger partial charge in [0.05, 0.1) is 4.92 Å². The van der Waals surface area contributed by atoms with Crippen molar-refractivity contribution in [2.24, 2.45) is 0 Å². The lowest BCUT2D eigenvalue weighted by atomic mass is 10.1. The van der Waals surface area contributed by atoms with Crippen LogP contribution in [0.25, 0.3) is 0 Å². The second-order valence-electron chi connectivity index (χ2n) is 3.40. The molecule has 0 aromatic heterocycles. The smallest absolute Gasteiger partial charge is 0.305 e. The van der Waals surface area contributed by atoms with Crippen LogP contribution in [0.1, 0.15) is 25.0 Å². The molecule has 0 spiro atoms. The van der Waals surface area contributed by atoms with E-state index in [1.807, 2.05) is 0 Å². The number of non-ortho nitro benzene ring substituents is 1. The highest BCUT2D eigenvalue weighted by Gasteiger charge is 2.12. The molecule has 6 heteroatoms. The molecule has 0 aliphatic heterocycles. The van der Waals surface area contributed by atoms with E-state index in [1.165, 1.54) is 24.3 Å². The molecule has 1 rings (SSSR count). The van der Waals surface area contributed by atoms with Crippen LogP contribution in [0, 0.1) is 10.1 Å². The van der Waals surface area contributed by atoms with Gasteiger partial charge in [-0.25, -0.2) is 0 Å². The summed E-state index contributed by atoms with van der Waals surface area (Å²) < 4.78 is 4.76. The summed E-state index contributed by atoms with van der Waals surface area (Å²) in [6.45, 7) is 1.51. The highest BCUT2D eigenvalue weighted by Crippen LogP contribution is 2.17. The van der Waals surface area contributed by atoms with Crippen molar-refractivity contribution in [2.45, 2.75) is 19.4 Å². The summed E-state index contributed by atoms with van der Waals surface area (Å²) in [4.78, 5) is 20.8. The molecule has 0 saturated carbocycles. The molecule has 0 bridgehead atoms. The van der Waals surface area contributed by atoms with Crippen LogP contribution in [-0.4, -0.2) is 22.6 Å². The fourth-order valence-corrected chi connectivity index (χ4v) is 1.19. The Hall–Kier alpha value is -1.95. The van der Waals surface area contributed by atoms with E-state index >= 15 is 0 Å². The van der Waals surface area contributed by atoms with Crippen LogP contribution in [0.4, 0.5) is 5.69 Å². The van der Waals surface area contributed by atoms with Crippen molar-refractivity contribution in [1.82, 2.24) is 0 Å². The summed E-state index contributed by atoms with van der Waals surface area (Å²) in [5.41, 5.74) is 0.422. The van der Waals surface area contributed by atoms with Crippen molar-refractivity contribution in [1.29, 1.82) is 0 Å². The van der Waals surface area contributed by atoms with E-state index in [1.54, 1.807) is 6.92 Å². The maximum absolute atomic E-state index is 10.9. The Bertz CT molecular complexity index is 401. The molecule has 0 radical (unpaired) electrons. The van der Waals surface area contributed by atoms with E-state index in [2.05, 4.69) is 0 Å². The molecular weight excluding hydrogens is 226 g/mol. The van der Waals surface area contributed by atoms with Crippen LogP contribution in [0.2, 0.25) is 0 Å². The van der Waals surface area contributed by atoms with Crippen LogP contribution in [0.3, 0.4) is 0 Å². The summed E-state index contributed by atoms with van der Waals surface area (Å²) in [5, 5.41) is 20.1. The quantitative estimate of drug-likeness (QED) is 0.478. The van der Waals surface area contributed by atoms with Crippen molar-refractivity contribution in [3.05, 3.63) is 39.9 Å². The van der Waals surface area contributed by atoms with Gasteiger partial charge in [0, 0.05) is 18.6 Å². The highest BCUT2D eigenvalue weighted by molar-refractivity contribution is 5.68. The van der Waals surface area contributed by atoms with Gasteiger partial charge >= 0.3 is 5.97 Å². The molecule has 0 heterocycles. The lowest BCUT2D eigenvalue weighted by molar-refractivity contribution is -0.384. The summed E-state index contributed by atoms with van der Waals surface area (Å²) in [6.07, 6.45) is -0.723. The van der Waals surface area contributed by atoms with E-state index in [-0.39, 0.29) is 18.7 Å². The molecule has 1 aromatic rings. The van der Waals surface area contributed by atoms with Gasteiger partial charge < -0.3 is 9.84 Å². The van der Waals surface area contributed by atoms with Crippen LogP contribution in [0.15, 0.2) is 24.3 Å². The minimum atomic E-state index is -0.966. The molecule has 0 amide bonds. The largest absolute Gasteiger partial charge is 0.463 e. The molecule has 1 aromatic carbocycles. The van der Waals surface area contributed by atoms with E-state index in [0.29, 0.717) is 5.56 Å². The Morgan fingerprint density at radius 2 is 2.06 bits per heavy atom. The number of hydrogen-bond acceptors (Lipinski definition) is 5. The van der Waals surface area contributed by atoms with Crippen molar-refractivity contribution in [2.75, 3.05) is 6.61 Å². The van der Waals surface area contributed by atoms with Gasteiger partial charge in [0.2, 0.25) is 0 Å². The Kier molecular flexibility index (Phi) is 4.59. The minimum Gasteiger partial charge on any atom is -0.463 e. The molecule has 1 N–H and O–H groups in total. The topological polar surface area (TPSA) is 89.7 Å². The molecule has 0 aliphatic carbocycles. The average Bonchev–Trinajstić information content (AvgIpc) is 2.35. The summed E-state index contributed by atoms with van der Waals surface area (Å²) in [7, 11) is 0. The number of aliphatic hydroxyl groups excluding tert-OH is 1. The third kappa shape index (κ3) is 3.84. The molecular formula is C11H13NO5. The molecule has 17 heavy (non-hydrogen) atoms. The van der Waals surface area contributed by atoms with Gasteiger partial charge in [0.25, 0.3) is 5.69 Å². The Labute approximate surface area is 98.0 Å². The molecule has 0 saturated heterocycles. The Balaban J connectivity index is 2.60. The maximum Gasteiger partial charge on any atom is 0.305 e. The first-order chi connectivity index (χ1) is 8.04. The first kappa shape index (κ1) is 13.1. The van der Waals surface area contributed by atoms with Crippen LogP contribution in [-0.2, 0) is 9.53 Å². The van der Waals surface area contributed by atoms with Crippen molar-refractivity contribution in [3.63, 3.8) is 0 Å². The standard InChI is InChI=1S/C11H13NO5/c1-2-11(14)17-7-10(13)8-3-5-9(6-4-8)12(15)16/h3-6,10,13H,2,7H2,1H3/t10-/m0/s1. The number of nitro benzene ring substituents is 1. The molecule has 0 aliphatic rings. The number of carbonyl (C=O) groups excluding carboxylic acids is 1. The lowest BCUT2D eigenvalue weighted by Crippen LogP contribution is -2.11. The molecule has 0 fully saturated rings. The zero-order chi connectivity index (χ0) is 12.8. The third-order valence-electron chi connectivity index (χ3n) is 2.18. The monoisotopic (exact) mass is 239 g/mol. The van der Waals surface area contributed by atoms with E-state index in [0.717, 1.165) is 0 Å². The third-order valence-corrected chi connectivity index (χ3v) is 2.18. The number of ether oxygens (including phenoxy) is 1. The number of aliphatic hydroxyl groups is 1. The molecule has 1 atom stereocenters. The van der Waals surface area contributed by atoms with Gasteiger partial charge in [-0.1, -0.05) is 6.92 Å². The van der Waals surface area contributed by atoms with Crippen molar-refractivity contribution in [3.8, 4) is 0 Å². The number of hydrogen-bond donors (Lipinski definition) is 1. The van der Waals surface area contributed by atoms with Gasteiger partial charge in [-0.05, 0) is 17.7 Å².